The Bertz CT molecular complexity index is 478. The fourth-order valence-corrected chi connectivity index (χ4v) is 1.10. The predicted octanol–water partition coefficient (Wildman–Crippen LogP) is 1.40. The highest BCUT2D eigenvalue weighted by Crippen LogP contribution is 2.13. The van der Waals surface area contributed by atoms with Gasteiger partial charge in [0.2, 0.25) is 0 Å². The van der Waals surface area contributed by atoms with E-state index in [0.29, 0.717) is 11.0 Å². The summed E-state index contributed by atoms with van der Waals surface area (Å²) in [6, 6.07) is 2.56. The minimum Gasteiger partial charge on any atom is -0.477 e. The maximum atomic E-state index is 12.6. The van der Waals surface area contributed by atoms with Crippen LogP contribution in [0, 0.1) is 5.82 Å². The summed E-state index contributed by atoms with van der Waals surface area (Å²) in [5, 5.41) is 8.60. The van der Waals surface area contributed by atoms with Gasteiger partial charge in [0, 0.05) is 6.07 Å². The zero-order valence-corrected chi connectivity index (χ0v) is 6.41. The van der Waals surface area contributed by atoms with Crippen LogP contribution in [-0.2, 0) is 0 Å². The third-order valence-corrected chi connectivity index (χ3v) is 1.67. The lowest BCUT2D eigenvalue weighted by Crippen LogP contribution is -1.94. The maximum Gasteiger partial charge on any atom is 0.352 e. The van der Waals surface area contributed by atoms with Crippen LogP contribution in [0.15, 0.2) is 18.3 Å². The van der Waals surface area contributed by atoms with Crippen LogP contribution in [-0.4, -0.2) is 21.0 Å². The van der Waals surface area contributed by atoms with Gasteiger partial charge < -0.3 is 10.1 Å². The number of aromatic carboxylic acids is 1. The summed E-state index contributed by atoms with van der Waals surface area (Å²) in [6.07, 6.45) is 1.04. The Labute approximate surface area is 72.0 Å². The summed E-state index contributed by atoms with van der Waals surface area (Å²) in [5.74, 6) is -1.58. The Kier molecular flexibility index (Phi) is 1.51. The topological polar surface area (TPSA) is 66.0 Å². The first kappa shape index (κ1) is 7.72. The molecule has 0 aliphatic heterocycles. The zero-order chi connectivity index (χ0) is 9.42. The normalized spacial score (nSPS) is 10.5. The van der Waals surface area contributed by atoms with Crippen molar-refractivity contribution >= 4 is 17.0 Å². The van der Waals surface area contributed by atoms with Crippen LogP contribution in [0.5, 0.6) is 0 Å². The number of halogens is 1. The number of aromatic amines is 1. The van der Waals surface area contributed by atoms with E-state index in [2.05, 4.69) is 9.97 Å². The molecule has 0 fully saturated rings. The van der Waals surface area contributed by atoms with Crippen molar-refractivity contribution in [2.45, 2.75) is 0 Å². The molecule has 2 heterocycles. The number of nitrogens with one attached hydrogen (secondary N) is 1. The number of carbonyl (C=O) groups is 1. The van der Waals surface area contributed by atoms with Crippen LogP contribution in [0.1, 0.15) is 10.5 Å². The van der Waals surface area contributed by atoms with Crippen LogP contribution < -0.4 is 0 Å². The van der Waals surface area contributed by atoms with Gasteiger partial charge in [0.1, 0.15) is 11.5 Å². The number of rotatable bonds is 1. The van der Waals surface area contributed by atoms with Crippen molar-refractivity contribution in [3.8, 4) is 0 Å². The highest BCUT2D eigenvalue weighted by Gasteiger charge is 2.07. The number of nitrogens with zero attached hydrogens (tertiary/aromatic N) is 1. The molecule has 2 rings (SSSR count). The number of aromatic nitrogens is 2. The monoisotopic (exact) mass is 180 g/mol. The van der Waals surface area contributed by atoms with Gasteiger partial charge in [-0.05, 0) is 6.07 Å². The summed E-state index contributed by atoms with van der Waals surface area (Å²) < 4.78 is 12.6. The Morgan fingerprint density at radius 2 is 2.31 bits per heavy atom. The molecular weight excluding hydrogens is 175 g/mol. The number of fused-ring (bicyclic) bond motifs is 1. The van der Waals surface area contributed by atoms with Crippen molar-refractivity contribution < 1.29 is 14.3 Å². The molecule has 66 valence electrons. The van der Waals surface area contributed by atoms with Gasteiger partial charge in [-0.3, -0.25) is 4.98 Å². The van der Waals surface area contributed by atoms with Gasteiger partial charge >= 0.3 is 5.97 Å². The number of H-pyrrole nitrogens is 1. The first-order valence-electron chi connectivity index (χ1n) is 3.54. The van der Waals surface area contributed by atoms with Gasteiger partial charge in [-0.25, -0.2) is 9.18 Å². The van der Waals surface area contributed by atoms with Crippen molar-refractivity contribution in [1.29, 1.82) is 0 Å². The van der Waals surface area contributed by atoms with Gasteiger partial charge in [0.05, 0.1) is 17.2 Å². The van der Waals surface area contributed by atoms with Crippen molar-refractivity contribution in [2.75, 3.05) is 0 Å². The third kappa shape index (κ3) is 1.24. The molecule has 0 bridgehead atoms. The van der Waals surface area contributed by atoms with Crippen molar-refractivity contribution in [3.63, 3.8) is 0 Å². The Morgan fingerprint density at radius 3 is 3.00 bits per heavy atom. The van der Waals surface area contributed by atoms with E-state index in [1.807, 2.05) is 0 Å². The molecular formula is C8H5FN2O2. The number of hydrogen-bond acceptors (Lipinski definition) is 2. The van der Waals surface area contributed by atoms with Crippen molar-refractivity contribution in [2.24, 2.45) is 0 Å². The molecule has 0 saturated heterocycles. The number of pyridine rings is 1. The Balaban J connectivity index is 2.68. The summed E-state index contributed by atoms with van der Waals surface area (Å²) >= 11 is 0. The van der Waals surface area contributed by atoms with Crippen LogP contribution in [0.3, 0.4) is 0 Å². The lowest BCUT2D eigenvalue weighted by atomic mass is 10.3. The van der Waals surface area contributed by atoms with Crippen LogP contribution >= 0.6 is 0 Å². The minimum atomic E-state index is -1.08. The fraction of sp³-hybridized carbons (Fsp3) is 0. The van der Waals surface area contributed by atoms with E-state index in [-0.39, 0.29) is 5.69 Å². The van der Waals surface area contributed by atoms with Gasteiger partial charge in [-0.2, -0.15) is 0 Å². The molecule has 5 heteroatoms. The molecule has 0 aliphatic carbocycles. The second-order valence-corrected chi connectivity index (χ2v) is 2.57. The molecule has 0 aromatic carbocycles. The molecule has 0 unspecified atom stereocenters. The molecule has 0 radical (unpaired) electrons. The Morgan fingerprint density at radius 1 is 1.54 bits per heavy atom. The SMILES string of the molecule is O=C(O)c1cc2ncc(F)cc2[nH]1. The van der Waals surface area contributed by atoms with E-state index >= 15 is 0 Å². The number of carboxylic acid groups (broad SMARTS) is 1. The van der Waals surface area contributed by atoms with E-state index in [0.717, 1.165) is 6.20 Å². The average molecular weight is 180 g/mol. The van der Waals surface area contributed by atoms with Crippen LogP contribution in [0.4, 0.5) is 4.39 Å². The molecule has 0 amide bonds. The maximum absolute atomic E-state index is 12.6. The van der Waals surface area contributed by atoms with Crippen LogP contribution in [0.2, 0.25) is 0 Å². The second-order valence-electron chi connectivity index (χ2n) is 2.57. The van der Waals surface area contributed by atoms with E-state index in [1.54, 1.807) is 0 Å². The highest BCUT2D eigenvalue weighted by atomic mass is 19.1. The summed E-state index contributed by atoms with van der Waals surface area (Å²) in [5.41, 5.74) is 0.837. The largest absolute Gasteiger partial charge is 0.477 e. The summed E-state index contributed by atoms with van der Waals surface area (Å²) in [7, 11) is 0. The van der Waals surface area contributed by atoms with Gasteiger partial charge in [-0.1, -0.05) is 0 Å². The first-order valence-corrected chi connectivity index (χ1v) is 3.54. The molecule has 2 N–H and O–H groups in total. The Hall–Kier alpha value is -1.91. The van der Waals surface area contributed by atoms with Crippen LogP contribution in [0.25, 0.3) is 11.0 Å². The lowest BCUT2D eigenvalue weighted by molar-refractivity contribution is 0.0691. The quantitative estimate of drug-likeness (QED) is 0.697. The zero-order valence-electron chi connectivity index (χ0n) is 6.41. The minimum absolute atomic E-state index is 0.00750. The van der Waals surface area contributed by atoms with E-state index < -0.39 is 11.8 Å². The van der Waals surface area contributed by atoms with Gasteiger partial charge in [-0.15, -0.1) is 0 Å². The molecule has 0 saturated carbocycles. The number of hydrogen-bond donors (Lipinski definition) is 2. The smallest absolute Gasteiger partial charge is 0.352 e. The molecule has 0 spiro atoms. The molecule has 0 aliphatic rings. The third-order valence-electron chi connectivity index (χ3n) is 1.67. The second kappa shape index (κ2) is 2.55. The van der Waals surface area contributed by atoms with Crippen molar-refractivity contribution in [1.82, 2.24) is 9.97 Å². The first-order chi connectivity index (χ1) is 6.16. The summed E-state index contributed by atoms with van der Waals surface area (Å²) in [4.78, 5) is 16.8. The molecule has 4 nitrogen and oxygen atoms in total. The average Bonchev–Trinajstić information content (AvgIpc) is 2.46. The van der Waals surface area contributed by atoms with E-state index in [9.17, 15) is 9.18 Å². The standard InChI is InChI=1S/C8H5FN2O2/c9-4-1-6-5(10-3-4)2-7(11-6)8(12)13/h1-3,11H,(H,12,13). The molecule has 2 aromatic rings. The fourth-order valence-electron chi connectivity index (χ4n) is 1.10. The molecule has 0 atom stereocenters. The number of carboxylic acids is 1. The highest BCUT2D eigenvalue weighted by molar-refractivity contribution is 5.92. The summed E-state index contributed by atoms with van der Waals surface area (Å²) in [6.45, 7) is 0. The van der Waals surface area contributed by atoms with Crippen molar-refractivity contribution in [3.05, 3.63) is 29.8 Å². The van der Waals surface area contributed by atoms with E-state index in [4.69, 9.17) is 5.11 Å². The molecule has 13 heavy (non-hydrogen) atoms. The van der Waals surface area contributed by atoms with Gasteiger partial charge in [0.25, 0.3) is 0 Å². The molecule has 2 aromatic heterocycles. The van der Waals surface area contributed by atoms with E-state index in [1.165, 1.54) is 12.1 Å². The predicted molar refractivity (Wildman–Crippen MR) is 43.0 cm³/mol. The lowest BCUT2D eigenvalue weighted by Gasteiger charge is -1.87. The van der Waals surface area contributed by atoms with Gasteiger partial charge in [0.15, 0.2) is 0 Å².